The number of rotatable bonds is 4. The van der Waals surface area contributed by atoms with Gasteiger partial charge >= 0.3 is 0 Å². The molecule has 0 saturated carbocycles. The first-order chi connectivity index (χ1) is 9.80. The Morgan fingerprint density at radius 1 is 0.952 bits per heavy atom. The van der Waals surface area contributed by atoms with Crippen molar-refractivity contribution >= 4 is 23.2 Å². The predicted octanol–water partition coefficient (Wildman–Crippen LogP) is 3.52. The molecule has 0 atom stereocenters. The van der Waals surface area contributed by atoms with Gasteiger partial charge in [0.05, 0.1) is 5.02 Å². The van der Waals surface area contributed by atoms with E-state index in [2.05, 4.69) is 0 Å². The zero-order valence-corrected chi connectivity index (χ0v) is 12.5. The van der Waals surface area contributed by atoms with Crippen LogP contribution in [0.5, 0.6) is 0 Å². The molecule has 0 fully saturated rings. The number of benzene rings is 2. The molecule has 2 aromatic rings. The third-order valence-corrected chi connectivity index (χ3v) is 3.41. The number of aliphatic hydroxyl groups is 1. The van der Waals surface area contributed by atoms with Crippen LogP contribution in [-0.2, 0) is 0 Å². The molecule has 0 aromatic heterocycles. The number of hydrogen-bond acceptors (Lipinski definition) is 3. The monoisotopic (exact) mass is 302 g/mol. The molecule has 0 bridgehead atoms. The SMILES string of the molecule is CC(C)(O)C(=O)c1ccc(C(=O)c2ccccc2Cl)cc1. The summed E-state index contributed by atoms with van der Waals surface area (Å²) < 4.78 is 0. The molecule has 0 aliphatic heterocycles. The summed E-state index contributed by atoms with van der Waals surface area (Å²) in [5.74, 6) is -0.595. The third kappa shape index (κ3) is 3.38. The maximum atomic E-state index is 12.3. The molecular weight excluding hydrogens is 288 g/mol. The Morgan fingerprint density at radius 3 is 2.00 bits per heavy atom. The van der Waals surface area contributed by atoms with E-state index in [1.807, 2.05) is 0 Å². The molecule has 0 spiro atoms. The van der Waals surface area contributed by atoms with Crippen LogP contribution in [0.25, 0.3) is 0 Å². The summed E-state index contributed by atoms with van der Waals surface area (Å²) in [6, 6.07) is 13.0. The molecule has 0 amide bonds. The van der Waals surface area contributed by atoms with Gasteiger partial charge in [-0.15, -0.1) is 0 Å². The number of carbonyl (C=O) groups excluding carboxylic acids is 2. The van der Waals surface area contributed by atoms with Crippen molar-refractivity contribution in [2.24, 2.45) is 0 Å². The first kappa shape index (κ1) is 15.4. The van der Waals surface area contributed by atoms with Gasteiger partial charge in [0.25, 0.3) is 0 Å². The van der Waals surface area contributed by atoms with Crippen LogP contribution in [0.1, 0.15) is 40.1 Å². The van der Waals surface area contributed by atoms with Gasteiger partial charge in [-0.25, -0.2) is 0 Å². The topological polar surface area (TPSA) is 54.4 Å². The quantitative estimate of drug-likeness (QED) is 0.879. The van der Waals surface area contributed by atoms with Crippen LogP contribution in [-0.4, -0.2) is 22.3 Å². The largest absolute Gasteiger partial charge is 0.382 e. The summed E-state index contributed by atoms with van der Waals surface area (Å²) in [4.78, 5) is 24.2. The minimum absolute atomic E-state index is 0.206. The highest BCUT2D eigenvalue weighted by Crippen LogP contribution is 2.20. The highest BCUT2D eigenvalue weighted by molar-refractivity contribution is 6.35. The average molecular weight is 303 g/mol. The molecule has 0 aliphatic carbocycles. The van der Waals surface area contributed by atoms with E-state index in [1.165, 1.54) is 26.0 Å². The Hall–Kier alpha value is -1.97. The third-order valence-electron chi connectivity index (χ3n) is 3.08. The van der Waals surface area contributed by atoms with Gasteiger partial charge in [-0.3, -0.25) is 9.59 Å². The maximum Gasteiger partial charge on any atom is 0.194 e. The van der Waals surface area contributed by atoms with E-state index < -0.39 is 5.60 Å². The van der Waals surface area contributed by atoms with Gasteiger partial charge in [0, 0.05) is 16.7 Å². The molecule has 0 aliphatic rings. The van der Waals surface area contributed by atoms with Crippen LogP contribution in [0.4, 0.5) is 0 Å². The van der Waals surface area contributed by atoms with Gasteiger partial charge in [-0.05, 0) is 26.0 Å². The van der Waals surface area contributed by atoms with Gasteiger partial charge in [-0.1, -0.05) is 48.0 Å². The maximum absolute atomic E-state index is 12.3. The number of Topliss-reactive ketones (excluding diaryl/α,β-unsaturated/α-hetero) is 1. The standard InChI is InChI=1S/C17H15ClO3/c1-17(2,21)16(20)12-9-7-11(8-10-12)15(19)13-5-3-4-6-14(13)18/h3-10,21H,1-2H3. The van der Waals surface area contributed by atoms with Crippen LogP contribution < -0.4 is 0 Å². The minimum Gasteiger partial charge on any atom is -0.382 e. The number of ketones is 2. The summed E-state index contributed by atoms with van der Waals surface area (Å²) in [5.41, 5.74) is -0.219. The molecule has 108 valence electrons. The lowest BCUT2D eigenvalue weighted by Crippen LogP contribution is -2.31. The lowest BCUT2D eigenvalue weighted by Gasteiger charge is -2.15. The van der Waals surface area contributed by atoms with Gasteiger partial charge < -0.3 is 5.11 Å². The molecule has 4 heteroatoms. The molecule has 0 unspecified atom stereocenters. The molecule has 0 saturated heterocycles. The van der Waals surface area contributed by atoms with Crippen molar-refractivity contribution in [3.63, 3.8) is 0 Å². The second kappa shape index (κ2) is 5.80. The average Bonchev–Trinajstić information content (AvgIpc) is 2.45. The number of carbonyl (C=O) groups is 2. The molecule has 0 heterocycles. The van der Waals surface area contributed by atoms with E-state index in [-0.39, 0.29) is 11.6 Å². The summed E-state index contributed by atoms with van der Waals surface area (Å²) in [5, 5.41) is 10.1. The summed E-state index contributed by atoms with van der Waals surface area (Å²) in [6.07, 6.45) is 0. The second-order valence-electron chi connectivity index (χ2n) is 5.27. The second-order valence-corrected chi connectivity index (χ2v) is 5.68. The van der Waals surface area contributed by atoms with Crippen molar-refractivity contribution in [1.29, 1.82) is 0 Å². The van der Waals surface area contributed by atoms with Crippen molar-refractivity contribution in [3.8, 4) is 0 Å². The van der Waals surface area contributed by atoms with Crippen molar-refractivity contribution in [1.82, 2.24) is 0 Å². The van der Waals surface area contributed by atoms with Crippen LogP contribution in [0.2, 0.25) is 5.02 Å². The lowest BCUT2D eigenvalue weighted by atomic mass is 9.95. The van der Waals surface area contributed by atoms with Crippen molar-refractivity contribution in [3.05, 3.63) is 70.2 Å². The Kier molecular flexibility index (Phi) is 4.26. The fraction of sp³-hybridized carbons (Fsp3) is 0.176. The lowest BCUT2D eigenvalue weighted by molar-refractivity contribution is 0.0488. The van der Waals surface area contributed by atoms with Crippen LogP contribution in [0, 0.1) is 0 Å². The summed E-state index contributed by atoms with van der Waals surface area (Å²) in [7, 11) is 0. The van der Waals surface area contributed by atoms with E-state index in [4.69, 9.17) is 11.6 Å². The smallest absolute Gasteiger partial charge is 0.194 e. The van der Waals surface area contributed by atoms with Crippen molar-refractivity contribution < 1.29 is 14.7 Å². The number of hydrogen-bond donors (Lipinski definition) is 1. The highest BCUT2D eigenvalue weighted by Gasteiger charge is 2.25. The van der Waals surface area contributed by atoms with E-state index in [9.17, 15) is 14.7 Å². The van der Waals surface area contributed by atoms with Gasteiger partial charge in [0.15, 0.2) is 11.6 Å². The molecule has 2 rings (SSSR count). The van der Waals surface area contributed by atoms with Crippen LogP contribution >= 0.6 is 11.6 Å². The fourth-order valence-corrected chi connectivity index (χ4v) is 2.15. The van der Waals surface area contributed by atoms with Gasteiger partial charge in [-0.2, -0.15) is 0 Å². The predicted molar refractivity (Wildman–Crippen MR) is 82.0 cm³/mol. The van der Waals surface area contributed by atoms with Crippen molar-refractivity contribution in [2.75, 3.05) is 0 Å². The van der Waals surface area contributed by atoms with E-state index in [1.54, 1.807) is 36.4 Å². The Labute approximate surface area is 128 Å². The molecular formula is C17H15ClO3. The summed E-state index contributed by atoms with van der Waals surface area (Å²) >= 11 is 6.00. The molecule has 1 N–H and O–H groups in total. The Balaban J connectivity index is 2.30. The molecule has 0 radical (unpaired) electrons. The van der Waals surface area contributed by atoms with E-state index >= 15 is 0 Å². The van der Waals surface area contributed by atoms with Gasteiger partial charge in [0.1, 0.15) is 5.60 Å². The van der Waals surface area contributed by atoms with Crippen molar-refractivity contribution in [2.45, 2.75) is 19.4 Å². The normalized spacial score (nSPS) is 11.2. The first-order valence-electron chi connectivity index (χ1n) is 6.47. The highest BCUT2D eigenvalue weighted by atomic mass is 35.5. The molecule has 21 heavy (non-hydrogen) atoms. The number of halogens is 1. The van der Waals surface area contributed by atoms with E-state index in [0.29, 0.717) is 21.7 Å². The Bertz CT molecular complexity index is 682. The molecule has 3 nitrogen and oxygen atoms in total. The van der Waals surface area contributed by atoms with Crippen LogP contribution in [0.15, 0.2) is 48.5 Å². The Morgan fingerprint density at radius 2 is 1.48 bits per heavy atom. The minimum atomic E-state index is -1.44. The van der Waals surface area contributed by atoms with E-state index in [0.717, 1.165) is 0 Å². The zero-order valence-electron chi connectivity index (χ0n) is 11.8. The van der Waals surface area contributed by atoms with Gasteiger partial charge in [0.2, 0.25) is 0 Å². The first-order valence-corrected chi connectivity index (χ1v) is 6.85. The zero-order chi connectivity index (χ0) is 15.6. The fourth-order valence-electron chi connectivity index (χ4n) is 1.93. The molecule has 2 aromatic carbocycles. The summed E-state index contributed by atoms with van der Waals surface area (Å²) in [6.45, 7) is 2.86. The van der Waals surface area contributed by atoms with Crippen LogP contribution in [0.3, 0.4) is 0 Å².